The fraction of sp³-hybridized carbons (Fsp3) is 0. The second-order valence-electron chi connectivity index (χ2n) is 5.99. The summed E-state index contributed by atoms with van der Waals surface area (Å²) in [5.74, 6) is -2.52. The van der Waals surface area contributed by atoms with Crippen LogP contribution in [0, 0.1) is 11.6 Å². The van der Waals surface area contributed by atoms with Crippen LogP contribution in [0.3, 0.4) is 0 Å². The molecule has 2 aromatic carbocycles. The molecule has 0 aliphatic carbocycles. The van der Waals surface area contributed by atoms with E-state index < -0.39 is 17.6 Å². The van der Waals surface area contributed by atoms with Gasteiger partial charge in [-0.25, -0.2) is 18.6 Å². The molecule has 0 spiro atoms. The van der Waals surface area contributed by atoms with E-state index in [4.69, 9.17) is 23.2 Å². The number of aromatic nitrogens is 2. The molecule has 1 N–H and O–H groups in total. The van der Waals surface area contributed by atoms with Crippen molar-refractivity contribution in [2.75, 3.05) is 0 Å². The Kier molecular flexibility index (Phi) is 5.12. The molecule has 0 amide bonds. The van der Waals surface area contributed by atoms with Crippen LogP contribution in [0.25, 0.3) is 28.3 Å². The van der Waals surface area contributed by atoms with Gasteiger partial charge < -0.3 is 5.11 Å². The van der Waals surface area contributed by atoms with Crippen LogP contribution in [0.2, 0.25) is 10.0 Å². The molecule has 0 aliphatic heterocycles. The molecule has 4 nitrogen and oxygen atoms in total. The van der Waals surface area contributed by atoms with E-state index in [-0.39, 0.29) is 38.5 Å². The van der Waals surface area contributed by atoms with Crippen LogP contribution in [0.1, 0.15) is 10.5 Å². The van der Waals surface area contributed by atoms with Gasteiger partial charge in [-0.3, -0.25) is 4.57 Å². The van der Waals surface area contributed by atoms with Crippen molar-refractivity contribution in [2.45, 2.75) is 0 Å². The predicted molar refractivity (Wildman–Crippen MR) is 109 cm³/mol. The van der Waals surface area contributed by atoms with Crippen molar-refractivity contribution in [3.8, 4) is 28.3 Å². The van der Waals surface area contributed by atoms with Crippen LogP contribution in [0.5, 0.6) is 0 Å². The minimum Gasteiger partial charge on any atom is -0.476 e. The number of carboxylic acid groups (broad SMARTS) is 1. The third-order valence-corrected chi connectivity index (χ3v) is 5.49. The molecule has 0 aliphatic rings. The monoisotopic (exact) mass is 450 g/mol. The number of thiophene rings is 1. The van der Waals surface area contributed by atoms with Crippen LogP contribution in [0.15, 0.2) is 53.2 Å². The SMILES string of the molecule is O=C(O)c1nc(-c2ccsc2)n(-c2cccc(Cl)c2F)c1-c1ccc(F)c(Cl)c1. The minimum atomic E-state index is -1.32. The number of rotatable bonds is 4. The van der Waals surface area contributed by atoms with Crippen molar-refractivity contribution in [3.05, 3.63) is 80.6 Å². The topological polar surface area (TPSA) is 55.1 Å². The largest absolute Gasteiger partial charge is 0.476 e. The summed E-state index contributed by atoms with van der Waals surface area (Å²) >= 11 is 13.3. The van der Waals surface area contributed by atoms with E-state index in [2.05, 4.69) is 4.98 Å². The molecule has 29 heavy (non-hydrogen) atoms. The molecule has 146 valence electrons. The highest BCUT2D eigenvalue weighted by Crippen LogP contribution is 2.37. The first-order valence-corrected chi connectivity index (χ1v) is 9.86. The summed E-state index contributed by atoms with van der Waals surface area (Å²) < 4.78 is 30.0. The molecule has 2 aromatic heterocycles. The van der Waals surface area contributed by atoms with Gasteiger partial charge in [0.25, 0.3) is 0 Å². The summed E-state index contributed by atoms with van der Waals surface area (Å²) in [6.45, 7) is 0. The minimum absolute atomic E-state index is 0.00847. The van der Waals surface area contributed by atoms with Crippen molar-refractivity contribution in [2.24, 2.45) is 0 Å². The van der Waals surface area contributed by atoms with E-state index in [1.807, 2.05) is 0 Å². The number of benzene rings is 2. The Morgan fingerprint density at radius 3 is 2.52 bits per heavy atom. The van der Waals surface area contributed by atoms with Gasteiger partial charge >= 0.3 is 5.97 Å². The third kappa shape index (κ3) is 3.42. The standard InChI is InChI=1S/C20H10Cl2F2N2O2S/c21-12-2-1-3-15(16(12)24)26-18(10-4-5-14(23)13(22)8-10)17(20(27)28)25-19(26)11-6-7-29-9-11/h1-9H,(H,27,28). The van der Waals surface area contributed by atoms with Crippen molar-refractivity contribution in [1.82, 2.24) is 9.55 Å². The van der Waals surface area contributed by atoms with Gasteiger partial charge in [-0.15, -0.1) is 0 Å². The molecule has 0 saturated heterocycles. The Labute approximate surface area is 177 Å². The van der Waals surface area contributed by atoms with Crippen molar-refractivity contribution in [3.63, 3.8) is 0 Å². The summed E-state index contributed by atoms with van der Waals surface area (Å²) in [5, 5.41) is 13.0. The Morgan fingerprint density at radius 1 is 1.07 bits per heavy atom. The number of carboxylic acids is 1. The molecule has 0 bridgehead atoms. The lowest BCUT2D eigenvalue weighted by molar-refractivity contribution is 0.0692. The predicted octanol–water partition coefficient (Wildman–Crippen LogP) is 6.55. The Hall–Kier alpha value is -2.74. The summed E-state index contributed by atoms with van der Waals surface area (Å²) in [6, 6.07) is 9.86. The first kappa shape index (κ1) is 19.6. The van der Waals surface area contributed by atoms with Crippen molar-refractivity contribution >= 4 is 40.5 Å². The van der Waals surface area contributed by atoms with Gasteiger partial charge in [0.15, 0.2) is 11.5 Å². The molecule has 0 saturated carbocycles. The molecule has 9 heteroatoms. The molecule has 4 aromatic rings. The van der Waals surface area contributed by atoms with Gasteiger partial charge in [0.2, 0.25) is 0 Å². The summed E-state index contributed by atoms with van der Waals surface area (Å²) in [7, 11) is 0. The summed E-state index contributed by atoms with van der Waals surface area (Å²) in [4.78, 5) is 16.2. The highest BCUT2D eigenvalue weighted by Gasteiger charge is 2.27. The van der Waals surface area contributed by atoms with Gasteiger partial charge in [-0.05, 0) is 41.8 Å². The molecule has 2 heterocycles. The molecular formula is C20H10Cl2F2N2O2S. The van der Waals surface area contributed by atoms with Gasteiger partial charge in [-0.1, -0.05) is 29.3 Å². The molecule has 4 rings (SSSR count). The molecule has 0 fully saturated rings. The van der Waals surface area contributed by atoms with Crippen LogP contribution in [-0.2, 0) is 0 Å². The zero-order valence-electron chi connectivity index (χ0n) is 14.4. The first-order valence-electron chi connectivity index (χ1n) is 8.17. The fourth-order valence-corrected chi connectivity index (χ4v) is 3.95. The first-order chi connectivity index (χ1) is 13.9. The Balaban J connectivity index is 2.14. The van der Waals surface area contributed by atoms with Gasteiger partial charge in [-0.2, -0.15) is 11.3 Å². The fourth-order valence-electron chi connectivity index (χ4n) is 2.96. The highest BCUT2D eigenvalue weighted by molar-refractivity contribution is 7.08. The quantitative estimate of drug-likeness (QED) is 0.383. The second kappa shape index (κ2) is 7.59. The maximum atomic E-state index is 14.9. The van der Waals surface area contributed by atoms with E-state index in [0.29, 0.717) is 5.56 Å². The van der Waals surface area contributed by atoms with E-state index in [0.717, 1.165) is 6.07 Å². The molecule has 0 atom stereocenters. The average molecular weight is 451 g/mol. The van der Waals surface area contributed by atoms with Gasteiger partial charge in [0.1, 0.15) is 11.6 Å². The van der Waals surface area contributed by atoms with E-state index >= 15 is 0 Å². The maximum absolute atomic E-state index is 14.9. The lowest BCUT2D eigenvalue weighted by Crippen LogP contribution is -2.05. The second-order valence-corrected chi connectivity index (χ2v) is 7.58. The Morgan fingerprint density at radius 2 is 1.86 bits per heavy atom. The number of nitrogens with zero attached hydrogens (tertiary/aromatic N) is 2. The van der Waals surface area contributed by atoms with Gasteiger partial charge in [0.05, 0.1) is 21.4 Å². The zero-order chi connectivity index (χ0) is 20.7. The lowest BCUT2D eigenvalue weighted by Gasteiger charge is -2.14. The highest BCUT2D eigenvalue weighted by atomic mass is 35.5. The smallest absolute Gasteiger partial charge is 0.356 e. The third-order valence-electron chi connectivity index (χ3n) is 4.22. The van der Waals surface area contributed by atoms with Crippen LogP contribution in [-0.4, -0.2) is 20.6 Å². The van der Waals surface area contributed by atoms with Crippen molar-refractivity contribution in [1.29, 1.82) is 0 Å². The van der Waals surface area contributed by atoms with Gasteiger partial charge in [0, 0.05) is 16.5 Å². The average Bonchev–Trinajstić information content (AvgIpc) is 3.34. The number of halogens is 4. The molecular weight excluding hydrogens is 441 g/mol. The number of aromatic carboxylic acids is 1. The van der Waals surface area contributed by atoms with Crippen LogP contribution in [0.4, 0.5) is 8.78 Å². The zero-order valence-corrected chi connectivity index (χ0v) is 16.7. The van der Waals surface area contributed by atoms with E-state index in [1.54, 1.807) is 22.9 Å². The summed E-state index contributed by atoms with van der Waals surface area (Å²) in [5.41, 5.74) is 0.600. The lowest BCUT2D eigenvalue weighted by atomic mass is 10.1. The van der Waals surface area contributed by atoms with Crippen LogP contribution < -0.4 is 0 Å². The van der Waals surface area contributed by atoms with E-state index in [1.165, 1.54) is 40.2 Å². The number of imidazole rings is 1. The van der Waals surface area contributed by atoms with Crippen molar-refractivity contribution < 1.29 is 18.7 Å². The molecule has 0 radical (unpaired) electrons. The Bertz CT molecular complexity index is 1240. The number of hydrogen-bond acceptors (Lipinski definition) is 3. The van der Waals surface area contributed by atoms with E-state index in [9.17, 15) is 18.7 Å². The summed E-state index contributed by atoms with van der Waals surface area (Å²) in [6.07, 6.45) is 0. The normalized spacial score (nSPS) is 11.0. The number of carbonyl (C=O) groups is 1. The van der Waals surface area contributed by atoms with Crippen LogP contribution >= 0.6 is 34.5 Å². The number of hydrogen-bond donors (Lipinski definition) is 1. The maximum Gasteiger partial charge on any atom is 0.356 e. The molecule has 0 unspecified atom stereocenters.